The van der Waals surface area contributed by atoms with Gasteiger partial charge in [0.05, 0.1) is 24.0 Å². The van der Waals surface area contributed by atoms with Crippen LogP contribution in [0.4, 0.5) is 0 Å². The zero-order valence-electron chi connectivity index (χ0n) is 8.94. The molecule has 2 nitrogen and oxygen atoms in total. The second-order valence-electron chi connectivity index (χ2n) is 2.95. The van der Waals surface area contributed by atoms with Crippen LogP contribution in [0.2, 0.25) is 0 Å². The van der Waals surface area contributed by atoms with E-state index in [4.69, 9.17) is 9.47 Å². The number of thiophene rings is 2. The van der Waals surface area contributed by atoms with E-state index < -0.39 is 0 Å². The standard InChI is InChI=1S/C12H10O2S2/c1-13-9-5-11(15-7-9)3-4-12-6-10(14-2)8-16-12/h5-8H,1-2H3. The van der Waals surface area contributed by atoms with Crippen LogP contribution < -0.4 is 9.47 Å². The maximum atomic E-state index is 5.09. The van der Waals surface area contributed by atoms with E-state index >= 15 is 0 Å². The van der Waals surface area contributed by atoms with E-state index in [0.717, 1.165) is 21.3 Å². The summed E-state index contributed by atoms with van der Waals surface area (Å²) in [6.07, 6.45) is 0. The topological polar surface area (TPSA) is 18.5 Å². The molecule has 2 aromatic heterocycles. The lowest BCUT2D eigenvalue weighted by Crippen LogP contribution is -1.76. The molecule has 0 radical (unpaired) electrons. The van der Waals surface area contributed by atoms with Crippen molar-refractivity contribution in [2.24, 2.45) is 0 Å². The highest BCUT2D eigenvalue weighted by molar-refractivity contribution is 7.11. The molecule has 0 aromatic carbocycles. The smallest absolute Gasteiger partial charge is 0.130 e. The summed E-state index contributed by atoms with van der Waals surface area (Å²) in [5, 5.41) is 3.89. The highest BCUT2D eigenvalue weighted by Crippen LogP contribution is 2.22. The minimum atomic E-state index is 0.859. The van der Waals surface area contributed by atoms with Crippen molar-refractivity contribution in [1.29, 1.82) is 0 Å². The third kappa shape index (κ3) is 2.57. The first-order chi connectivity index (χ1) is 7.81. The van der Waals surface area contributed by atoms with Gasteiger partial charge in [-0.2, -0.15) is 0 Å². The zero-order chi connectivity index (χ0) is 11.4. The Bertz CT molecular complexity index is 482. The van der Waals surface area contributed by atoms with E-state index in [9.17, 15) is 0 Å². The lowest BCUT2D eigenvalue weighted by Gasteiger charge is -1.88. The van der Waals surface area contributed by atoms with Gasteiger partial charge >= 0.3 is 0 Å². The molecule has 0 N–H and O–H groups in total. The maximum absolute atomic E-state index is 5.09. The normalized spacial score (nSPS) is 9.38. The molecule has 0 atom stereocenters. The third-order valence-corrected chi connectivity index (χ3v) is 3.58. The highest BCUT2D eigenvalue weighted by Gasteiger charge is 1.97. The van der Waals surface area contributed by atoms with Crippen molar-refractivity contribution in [2.45, 2.75) is 0 Å². The summed E-state index contributed by atoms with van der Waals surface area (Å²) in [5.74, 6) is 7.91. The number of rotatable bonds is 2. The van der Waals surface area contributed by atoms with Crippen LogP contribution >= 0.6 is 22.7 Å². The Hall–Kier alpha value is -1.44. The van der Waals surface area contributed by atoms with Crippen molar-refractivity contribution >= 4 is 22.7 Å². The van der Waals surface area contributed by atoms with E-state index in [1.165, 1.54) is 0 Å². The summed E-state index contributed by atoms with van der Waals surface area (Å²) in [4.78, 5) is 2.01. The molecule has 0 unspecified atom stereocenters. The van der Waals surface area contributed by atoms with Gasteiger partial charge in [0.25, 0.3) is 0 Å². The molecule has 82 valence electrons. The first-order valence-electron chi connectivity index (χ1n) is 4.59. The molecule has 16 heavy (non-hydrogen) atoms. The summed E-state index contributed by atoms with van der Waals surface area (Å²) >= 11 is 3.16. The molecule has 0 amide bonds. The summed E-state index contributed by atoms with van der Waals surface area (Å²) in [6.45, 7) is 0. The molecule has 0 aliphatic heterocycles. The minimum absolute atomic E-state index is 0.859. The van der Waals surface area contributed by atoms with Gasteiger partial charge in [-0.05, 0) is 11.8 Å². The van der Waals surface area contributed by atoms with Crippen molar-refractivity contribution in [3.05, 3.63) is 32.6 Å². The van der Waals surface area contributed by atoms with Gasteiger partial charge < -0.3 is 9.47 Å². The van der Waals surface area contributed by atoms with Crippen LogP contribution in [-0.2, 0) is 0 Å². The molecule has 4 heteroatoms. The molecule has 0 spiro atoms. The maximum Gasteiger partial charge on any atom is 0.130 e. The van der Waals surface area contributed by atoms with Gasteiger partial charge in [0, 0.05) is 22.9 Å². The lowest BCUT2D eigenvalue weighted by molar-refractivity contribution is 0.416. The van der Waals surface area contributed by atoms with Gasteiger partial charge in [0.1, 0.15) is 11.5 Å². The number of methoxy groups -OCH3 is 2. The number of hydrogen-bond acceptors (Lipinski definition) is 4. The summed E-state index contributed by atoms with van der Waals surface area (Å²) in [7, 11) is 3.31. The third-order valence-electron chi connectivity index (χ3n) is 1.93. The average molecular weight is 250 g/mol. The molecule has 0 saturated carbocycles. The van der Waals surface area contributed by atoms with Crippen LogP contribution in [0.3, 0.4) is 0 Å². The predicted octanol–water partition coefficient (Wildman–Crippen LogP) is 3.23. The zero-order valence-corrected chi connectivity index (χ0v) is 10.6. The Kier molecular flexibility index (Phi) is 3.50. The highest BCUT2D eigenvalue weighted by atomic mass is 32.1. The average Bonchev–Trinajstić information content (AvgIpc) is 2.95. The summed E-state index contributed by atoms with van der Waals surface area (Å²) in [5.41, 5.74) is 0. The summed E-state index contributed by atoms with van der Waals surface area (Å²) in [6, 6.07) is 3.87. The van der Waals surface area contributed by atoms with Crippen LogP contribution in [0.1, 0.15) is 9.75 Å². The number of ether oxygens (including phenoxy) is 2. The first kappa shape index (κ1) is 11.1. The monoisotopic (exact) mass is 250 g/mol. The Balaban J connectivity index is 2.14. The Morgan fingerprint density at radius 3 is 1.62 bits per heavy atom. The van der Waals surface area contributed by atoms with E-state index in [0.29, 0.717) is 0 Å². The fourth-order valence-electron chi connectivity index (χ4n) is 1.11. The molecule has 0 aliphatic rings. The SMILES string of the molecule is COc1csc(C#Cc2cc(OC)cs2)c1. The molecule has 2 aromatic rings. The second kappa shape index (κ2) is 5.06. The fourth-order valence-corrected chi connectivity index (χ4v) is 2.51. The van der Waals surface area contributed by atoms with E-state index in [-0.39, 0.29) is 0 Å². The summed E-state index contributed by atoms with van der Waals surface area (Å²) < 4.78 is 10.2. The van der Waals surface area contributed by atoms with Gasteiger partial charge in [-0.1, -0.05) is 0 Å². The van der Waals surface area contributed by atoms with Crippen molar-refractivity contribution < 1.29 is 9.47 Å². The van der Waals surface area contributed by atoms with Crippen LogP contribution in [0.25, 0.3) is 0 Å². The molecule has 0 aliphatic carbocycles. The van der Waals surface area contributed by atoms with Gasteiger partial charge in [-0.15, -0.1) is 22.7 Å². The molecule has 2 rings (SSSR count). The predicted molar refractivity (Wildman–Crippen MR) is 67.7 cm³/mol. The molecule has 0 saturated heterocycles. The lowest BCUT2D eigenvalue weighted by atomic mass is 10.4. The minimum Gasteiger partial charge on any atom is -0.496 e. The number of hydrogen-bond donors (Lipinski definition) is 0. The molecular formula is C12H10O2S2. The molecule has 0 fully saturated rings. The van der Waals surface area contributed by atoms with Crippen LogP contribution in [0, 0.1) is 11.8 Å². The van der Waals surface area contributed by atoms with Gasteiger partial charge in [0.2, 0.25) is 0 Å². The Labute approximate surface area is 102 Å². The molecular weight excluding hydrogens is 240 g/mol. The Morgan fingerprint density at radius 2 is 1.31 bits per heavy atom. The van der Waals surface area contributed by atoms with Gasteiger partial charge in [-0.25, -0.2) is 0 Å². The van der Waals surface area contributed by atoms with Crippen LogP contribution in [0.15, 0.2) is 22.9 Å². The van der Waals surface area contributed by atoms with Gasteiger partial charge in [0.15, 0.2) is 0 Å². The van der Waals surface area contributed by atoms with Crippen molar-refractivity contribution in [3.8, 4) is 23.3 Å². The van der Waals surface area contributed by atoms with E-state index in [1.807, 2.05) is 22.9 Å². The molecule has 2 heterocycles. The molecule has 0 bridgehead atoms. The van der Waals surface area contributed by atoms with Gasteiger partial charge in [-0.3, -0.25) is 0 Å². The van der Waals surface area contributed by atoms with Crippen molar-refractivity contribution in [2.75, 3.05) is 14.2 Å². The van der Waals surface area contributed by atoms with E-state index in [1.54, 1.807) is 36.9 Å². The van der Waals surface area contributed by atoms with Crippen LogP contribution in [-0.4, -0.2) is 14.2 Å². The van der Waals surface area contributed by atoms with E-state index in [2.05, 4.69) is 11.8 Å². The van der Waals surface area contributed by atoms with Crippen LogP contribution in [0.5, 0.6) is 11.5 Å². The second-order valence-corrected chi connectivity index (χ2v) is 4.77. The van der Waals surface area contributed by atoms with Crippen molar-refractivity contribution in [1.82, 2.24) is 0 Å². The quantitative estimate of drug-likeness (QED) is 0.762. The largest absolute Gasteiger partial charge is 0.496 e. The Morgan fingerprint density at radius 1 is 0.875 bits per heavy atom. The fraction of sp³-hybridized carbons (Fsp3) is 0.167. The van der Waals surface area contributed by atoms with Crippen molar-refractivity contribution in [3.63, 3.8) is 0 Å². The first-order valence-corrected chi connectivity index (χ1v) is 6.35.